The smallest absolute Gasteiger partial charge is 0.0597 e. The number of thiophene rings is 1. The Morgan fingerprint density at radius 2 is 1.86 bits per heavy atom. The SMILES string of the molecule is CN(C)c1ccc(Br)cc1NCc1ccc(C(C)(C)C)s1. The third-order valence-corrected chi connectivity index (χ3v) is 5.30. The molecule has 0 saturated heterocycles. The molecule has 0 saturated carbocycles. The second kappa shape index (κ2) is 6.41. The molecule has 2 nitrogen and oxygen atoms in total. The van der Waals surface area contributed by atoms with Gasteiger partial charge in [0.05, 0.1) is 11.4 Å². The van der Waals surface area contributed by atoms with Crippen LogP contribution in [0.4, 0.5) is 11.4 Å². The Morgan fingerprint density at radius 1 is 1.14 bits per heavy atom. The average Bonchev–Trinajstić information content (AvgIpc) is 2.84. The van der Waals surface area contributed by atoms with Crippen LogP contribution in [0.1, 0.15) is 30.5 Å². The molecule has 0 unspecified atom stereocenters. The monoisotopic (exact) mass is 366 g/mol. The standard InChI is InChI=1S/C17H23BrN2S/c1-17(2,3)16-9-7-13(21-16)11-19-14-10-12(18)6-8-15(14)20(4)5/h6-10,19H,11H2,1-5H3. The maximum absolute atomic E-state index is 3.56. The third-order valence-electron chi connectivity index (χ3n) is 3.29. The predicted octanol–water partition coefficient (Wildman–Crippen LogP) is 5.49. The topological polar surface area (TPSA) is 15.3 Å². The lowest BCUT2D eigenvalue weighted by atomic mass is 9.95. The van der Waals surface area contributed by atoms with Gasteiger partial charge in [0.25, 0.3) is 0 Å². The summed E-state index contributed by atoms with van der Waals surface area (Å²) in [5.41, 5.74) is 2.58. The van der Waals surface area contributed by atoms with Crippen molar-refractivity contribution in [2.75, 3.05) is 24.3 Å². The fourth-order valence-corrected chi connectivity index (χ4v) is 3.46. The molecule has 0 atom stereocenters. The highest BCUT2D eigenvalue weighted by Crippen LogP contribution is 2.32. The van der Waals surface area contributed by atoms with Crippen molar-refractivity contribution in [3.8, 4) is 0 Å². The van der Waals surface area contributed by atoms with Crippen molar-refractivity contribution in [2.24, 2.45) is 0 Å². The second-order valence-corrected chi connectivity index (χ2v) is 8.51. The van der Waals surface area contributed by atoms with Crippen LogP contribution in [0, 0.1) is 0 Å². The molecule has 1 aromatic heterocycles. The number of nitrogens with one attached hydrogen (secondary N) is 1. The number of rotatable bonds is 4. The van der Waals surface area contributed by atoms with Gasteiger partial charge in [-0.25, -0.2) is 0 Å². The molecule has 0 amide bonds. The van der Waals surface area contributed by atoms with Crippen molar-refractivity contribution in [1.82, 2.24) is 0 Å². The van der Waals surface area contributed by atoms with Crippen molar-refractivity contribution < 1.29 is 0 Å². The van der Waals surface area contributed by atoms with E-state index in [-0.39, 0.29) is 5.41 Å². The zero-order chi connectivity index (χ0) is 15.6. The number of hydrogen-bond donors (Lipinski definition) is 1. The quantitative estimate of drug-likeness (QED) is 0.769. The number of nitrogens with zero attached hydrogens (tertiary/aromatic N) is 1. The van der Waals surface area contributed by atoms with Crippen LogP contribution in [0.2, 0.25) is 0 Å². The number of halogens is 1. The Hall–Kier alpha value is -1.00. The highest BCUT2D eigenvalue weighted by atomic mass is 79.9. The van der Waals surface area contributed by atoms with Gasteiger partial charge >= 0.3 is 0 Å². The van der Waals surface area contributed by atoms with E-state index in [0.29, 0.717) is 0 Å². The highest BCUT2D eigenvalue weighted by molar-refractivity contribution is 9.10. The molecule has 21 heavy (non-hydrogen) atoms. The zero-order valence-electron chi connectivity index (χ0n) is 13.3. The second-order valence-electron chi connectivity index (χ2n) is 6.43. The Kier molecular flexibility index (Phi) is 4.99. The minimum atomic E-state index is 0.230. The normalized spacial score (nSPS) is 11.5. The van der Waals surface area contributed by atoms with Gasteiger partial charge in [0.1, 0.15) is 0 Å². The van der Waals surface area contributed by atoms with Gasteiger partial charge < -0.3 is 10.2 Å². The van der Waals surface area contributed by atoms with Gasteiger partial charge in [0, 0.05) is 34.9 Å². The molecule has 1 heterocycles. The highest BCUT2D eigenvalue weighted by Gasteiger charge is 2.16. The molecule has 0 fully saturated rings. The minimum Gasteiger partial charge on any atom is -0.378 e. The van der Waals surface area contributed by atoms with Crippen LogP contribution >= 0.6 is 27.3 Å². The van der Waals surface area contributed by atoms with Gasteiger partial charge in [-0.3, -0.25) is 0 Å². The molecular formula is C17H23BrN2S. The van der Waals surface area contributed by atoms with Gasteiger partial charge in [0.2, 0.25) is 0 Å². The molecule has 2 aromatic rings. The van der Waals surface area contributed by atoms with Crippen molar-refractivity contribution in [1.29, 1.82) is 0 Å². The molecule has 1 aromatic carbocycles. The van der Waals surface area contributed by atoms with Crippen LogP contribution in [0.25, 0.3) is 0 Å². The first-order valence-electron chi connectivity index (χ1n) is 7.07. The maximum atomic E-state index is 3.56. The first-order valence-corrected chi connectivity index (χ1v) is 8.68. The van der Waals surface area contributed by atoms with Gasteiger partial charge in [-0.2, -0.15) is 0 Å². The van der Waals surface area contributed by atoms with Crippen LogP contribution in [0.3, 0.4) is 0 Å². The zero-order valence-corrected chi connectivity index (χ0v) is 15.7. The van der Waals surface area contributed by atoms with Gasteiger partial charge in [0.15, 0.2) is 0 Å². The van der Waals surface area contributed by atoms with Crippen LogP contribution < -0.4 is 10.2 Å². The Labute approximate surface area is 140 Å². The van der Waals surface area contributed by atoms with E-state index in [9.17, 15) is 0 Å². The lowest BCUT2D eigenvalue weighted by Gasteiger charge is -2.19. The van der Waals surface area contributed by atoms with Gasteiger partial charge in [-0.1, -0.05) is 36.7 Å². The summed E-state index contributed by atoms with van der Waals surface area (Å²) in [5, 5.41) is 3.56. The van der Waals surface area contributed by atoms with E-state index in [1.807, 2.05) is 11.3 Å². The largest absolute Gasteiger partial charge is 0.378 e. The van der Waals surface area contributed by atoms with Crippen LogP contribution in [-0.4, -0.2) is 14.1 Å². The molecule has 2 rings (SSSR count). The van der Waals surface area contributed by atoms with Gasteiger partial charge in [-0.15, -0.1) is 11.3 Å². The van der Waals surface area contributed by atoms with Crippen LogP contribution in [-0.2, 0) is 12.0 Å². The summed E-state index contributed by atoms with van der Waals surface area (Å²) in [7, 11) is 4.13. The molecule has 0 aliphatic heterocycles. The fraction of sp³-hybridized carbons (Fsp3) is 0.412. The van der Waals surface area contributed by atoms with E-state index in [2.05, 4.69) is 91.3 Å². The summed E-state index contributed by atoms with van der Waals surface area (Å²) >= 11 is 5.44. The summed E-state index contributed by atoms with van der Waals surface area (Å²) in [6, 6.07) is 10.8. The average molecular weight is 367 g/mol. The van der Waals surface area contributed by atoms with Crippen LogP contribution in [0.5, 0.6) is 0 Å². The number of anilines is 2. The van der Waals surface area contributed by atoms with Crippen molar-refractivity contribution in [3.05, 3.63) is 44.6 Å². The summed E-state index contributed by atoms with van der Waals surface area (Å²) < 4.78 is 1.09. The summed E-state index contributed by atoms with van der Waals surface area (Å²) in [4.78, 5) is 4.93. The first kappa shape index (κ1) is 16.4. The number of hydrogen-bond acceptors (Lipinski definition) is 3. The van der Waals surface area contributed by atoms with Crippen molar-refractivity contribution in [2.45, 2.75) is 32.7 Å². The fourth-order valence-electron chi connectivity index (χ4n) is 2.10. The predicted molar refractivity (Wildman–Crippen MR) is 98.8 cm³/mol. The van der Waals surface area contributed by atoms with Crippen molar-refractivity contribution >= 4 is 38.6 Å². The molecule has 0 bridgehead atoms. The lowest BCUT2D eigenvalue weighted by Crippen LogP contribution is -2.12. The van der Waals surface area contributed by atoms with Crippen LogP contribution in [0.15, 0.2) is 34.8 Å². The summed E-state index contributed by atoms with van der Waals surface area (Å²) in [5.74, 6) is 0. The van der Waals surface area contributed by atoms with E-state index >= 15 is 0 Å². The molecule has 0 aliphatic rings. The van der Waals surface area contributed by atoms with Gasteiger partial charge in [-0.05, 0) is 35.7 Å². The Balaban J connectivity index is 2.13. The van der Waals surface area contributed by atoms with E-state index < -0.39 is 0 Å². The van der Waals surface area contributed by atoms with E-state index in [0.717, 1.165) is 16.7 Å². The van der Waals surface area contributed by atoms with E-state index in [1.54, 1.807) is 0 Å². The Morgan fingerprint density at radius 3 is 2.43 bits per heavy atom. The molecule has 114 valence electrons. The summed E-state index contributed by atoms with van der Waals surface area (Å²) in [6.45, 7) is 7.63. The van der Waals surface area contributed by atoms with Crippen molar-refractivity contribution in [3.63, 3.8) is 0 Å². The summed E-state index contributed by atoms with van der Waals surface area (Å²) in [6.07, 6.45) is 0. The molecule has 0 spiro atoms. The molecule has 0 aliphatic carbocycles. The maximum Gasteiger partial charge on any atom is 0.0597 e. The van der Waals surface area contributed by atoms with E-state index in [4.69, 9.17) is 0 Å². The molecular weight excluding hydrogens is 344 g/mol. The lowest BCUT2D eigenvalue weighted by molar-refractivity contribution is 0.604. The molecule has 1 N–H and O–H groups in total. The Bertz CT molecular complexity index is 611. The number of benzene rings is 1. The molecule has 4 heteroatoms. The minimum absolute atomic E-state index is 0.230. The third kappa shape index (κ3) is 4.24. The first-order chi connectivity index (χ1) is 9.77. The molecule has 0 radical (unpaired) electrons. The van der Waals surface area contributed by atoms with E-state index in [1.165, 1.54) is 15.4 Å².